The molecule has 10 atom stereocenters. The number of rotatable bonds is 15. The number of esters is 2. The Balaban J connectivity index is 0.632. The van der Waals surface area contributed by atoms with Crippen LogP contribution in [0.15, 0.2) is 71.5 Å². The molecule has 9 aliphatic rings. The molecule has 494 valence electrons. The van der Waals surface area contributed by atoms with Gasteiger partial charge in [0.2, 0.25) is 23.4 Å². The number of aryl methyl sites for hydroxylation is 1. The van der Waals surface area contributed by atoms with Gasteiger partial charge in [0.1, 0.15) is 33.9 Å². The van der Waals surface area contributed by atoms with E-state index in [1.54, 1.807) is 40.0 Å². The van der Waals surface area contributed by atoms with Crippen molar-refractivity contribution in [3.8, 4) is 11.5 Å². The Morgan fingerprint density at radius 2 is 1.40 bits per heavy atom. The number of likely N-dealkylation sites (tertiary alicyclic amines) is 1. The number of aromatic nitrogens is 2. The van der Waals surface area contributed by atoms with E-state index in [0.717, 1.165) is 49.9 Å². The van der Waals surface area contributed by atoms with Crippen LogP contribution in [0.4, 0.5) is 25.0 Å². The molecule has 1 amide bonds. The smallest absolute Gasteiger partial charge is 0.492 e. The van der Waals surface area contributed by atoms with Crippen molar-refractivity contribution in [2.45, 2.75) is 141 Å². The van der Waals surface area contributed by atoms with Gasteiger partial charge in [-0.15, -0.1) is 0 Å². The maximum atomic E-state index is 16.8. The molecule has 3 aliphatic heterocycles. The second-order valence-electron chi connectivity index (χ2n) is 27.6. The first-order valence-corrected chi connectivity index (χ1v) is 32.4. The number of aliphatic hydroxyl groups excluding tert-OH is 1. The largest absolute Gasteiger partial charge is 0.519 e. The molecule has 93 heavy (non-hydrogen) atoms. The summed E-state index contributed by atoms with van der Waals surface area (Å²) in [4.78, 5) is 116. The first kappa shape index (κ1) is 62.3. The van der Waals surface area contributed by atoms with Crippen molar-refractivity contribution < 1.29 is 75.5 Å². The monoisotopic (exact) mass is 1290 g/mol. The van der Waals surface area contributed by atoms with Crippen molar-refractivity contribution in [3.05, 3.63) is 114 Å². The number of allylic oxidation sites excluding steroid dienone is 4. The summed E-state index contributed by atoms with van der Waals surface area (Å²) in [6, 6.07) is 1.19. The second kappa shape index (κ2) is 23.1. The molecule has 3 aromatic heterocycles. The molecule has 14 rings (SSSR count). The van der Waals surface area contributed by atoms with Crippen molar-refractivity contribution in [1.29, 1.82) is 0 Å². The van der Waals surface area contributed by atoms with Gasteiger partial charge < -0.3 is 66.6 Å². The van der Waals surface area contributed by atoms with E-state index in [0.29, 0.717) is 68.8 Å². The van der Waals surface area contributed by atoms with Gasteiger partial charge in [-0.2, -0.15) is 0 Å². The number of ether oxygens (including phenoxy) is 5. The number of amides is 1. The number of halogens is 2. The zero-order valence-corrected chi connectivity index (χ0v) is 52.8. The minimum absolute atomic E-state index is 0.00257. The lowest BCUT2D eigenvalue weighted by Gasteiger charge is -2.59. The van der Waals surface area contributed by atoms with Crippen molar-refractivity contribution in [1.82, 2.24) is 18.9 Å². The summed E-state index contributed by atoms with van der Waals surface area (Å²) in [5.74, 6) is -4.64. The number of Topliss-reactive ketones (excluding diaryl/α,β-unsaturated/α-hetero) is 1. The highest BCUT2D eigenvalue weighted by Gasteiger charge is 2.68. The lowest BCUT2D eigenvalue weighted by molar-refractivity contribution is -0.178. The van der Waals surface area contributed by atoms with E-state index < -0.39 is 105 Å². The summed E-state index contributed by atoms with van der Waals surface area (Å²) in [5, 5.41) is 23.9. The molecular formula is C68H76F2N6O17. The number of piperidine rings is 1. The van der Waals surface area contributed by atoms with E-state index in [1.165, 1.54) is 31.5 Å². The molecule has 0 spiro atoms. The maximum absolute atomic E-state index is 16.8. The first-order chi connectivity index (χ1) is 44.5. The average Bonchev–Trinajstić information content (AvgIpc) is 1.64. The van der Waals surface area contributed by atoms with Gasteiger partial charge in [0.15, 0.2) is 41.3 Å². The Morgan fingerprint density at radius 3 is 2.00 bits per heavy atom. The molecule has 2 aromatic carbocycles. The summed E-state index contributed by atoms with van der Waals surface area (Å²) >= 11 is 0. The van der Waals surface area contributed by atoms with Gasteiger partial charge in [0.25, 0.3) is 0 Å². The SMILES string of the molecule is COc1c(N2CC3CCCN(Cc4oc(=O)oc4C)C3C2)c(F)cc2c(=O)c(C(=O)OCOC(=O)N3CCN(c4c(F)cc5c(=O)c(C(=O)OCC(=O)C6(O)CCC7C8CCC9=CC(=O)C=CC9(C)C8C(O)CC76C)cn(C6CC6)c5c4OC)CC3C)cn(C3CC3)c12. The van der Waals surface area contributed by atoms with Crippen LogP contribution in [-0.4, -0.2) is 149 Å². The number of anilines is 2. The van der Waals surface area contributed by atoms with Gasteiger partial charge in [-0.1, -0.05) is 25.5 Å². The van der Waals surface area contributed by atoms with Crippen molar-refractivity contribution >= 4 is 62.8 Å². The number of methoxy groups -OCH3 is 2. The quantitative estimate of drug-likeness (QED) is 0.0761. The van der Waals surface area contributed by atoms with Crippen molar-refractivity contribution in [3.63, 3.8) is 0 Å². The van der Waals surface area contributed by atoms with Crippen molar-refractivity contribution in [2.75, 3.05) is 76.7 Å². The molecule has 6 heterocycles. The number of carbonyl (C=O) groups excluding carboxylic acids is 5. The minimum atomic E-state index is -1.95. The number of hydrogen-bond acceptors (Lipinski definition) is 20. The van der Waals surface area contributed by atoms with Crippen LogP contribution in [0, 0.1) is 53.1 Å². The van der Waals surface area contributed by atoms with E-state index in [2.05, 4.69) is 4.90 Å². The molecular weight excluding hydrogens is 1210 g/mol. The third kappa shape index (κ3) is 10.2. The minimum Gasteiger partial charge on any atom is -0.492 e. The number of fused-ring (bicyclic) bond motifs is 8. The van der Waals surface area contributed by atoms with Gasteiger partial charge in [-0.25, -0.2) is 28.0 Å². The second-order valence-corrected chi connectivity index (χ2v) is 27.6. The number of piperazine rings is 1. The molecule has 6 aliphatic carbocycles. The highest BCUT2D eigenvalue weighted by atomic mass is 19.1. The first-order valence-electron chi connectivity index (χ1n) is 32.4. The third-order valence-corrected chi connectivity index (χ3v) is 22.5. The molecule has 0 bridgehead atoms. The molecule has 23 nitrogen and oxygen atoms in total. The average molecular weight is 1290 g/mol. The van der Waals surface area contributed by atoms with E-state index >= 15 is 8.78 Å². The molecule has 5 saturated carbocycles. The lowest BCUT2D eigenvalue weighted by atomic mass is 9.46. The maximum Gasteiger partial charge on any atom is 0.519 e. The predicted molar refractivity (Wildman–Crippen MR) is 330 cm³/mol. The van der Waals surface area contributed by atoms with Crippen LogP contribution in [0.2, 0.25) is 0 Å². The summed E-state index contributed by atoms with van der Waals surface area (Å²) in [6.07, 6.45) is 12.6. The zero-order chi connectivity index (χ0) is 65.5. The molecule has 8 fully saturated rings. The van der Waals surface area contributed by atoms with Crippen molar-refractivity contribution in [2.24, 2.45) is 34.5 Å². The van der Waals surface area contributed by atoms with Crippen LogP contribution < -0.4 is 36.0 Å². The number of hydrogen-bond donors (Lipinski definition) is 2. The topological polar surface area (TPSA) is 272 Å². The number of aliphatic hydroxyl groups is 2. The fourth-order valence-corrected chi connectivity index (χ4v) is 17.6. The number of carbonyl (C=O) groups is 5. The molecule has 10 unspecified atom stereocenters. The summed E-state index contributed by atoms with van der Waals surface area (Å²) in [5.41, 5.74) is -4.35. The summed E-state index contributed by atoms with van der Waals surface area (Å²) < 4.78 is 75.7. The summed E-state index contributed by atoms with van der Waals surface area (Å²) in [7, 11) is 2.75. The molecule has 3 saturated heterocycles. The van der Waals surface area contributed by atoms with Gasteiger partial charge in [0, 0.05) is 86.0 Å². The number of benzene rings is 2. The fraction of sp³-hybridized carbons (Fsp3) is 0.559. The lowest BCUT2D eigenvalue weighted by Crippen LogP contribution is -2.61. The Kier molecular flexibility index (Phi) is 15.5. The van der Waals surface area contributed by atoms with Gasteiger partial charge >= 0.3 is 23.9 Å². The van der Waals surface area contributed by atoms with Crippen LogP contribution in [0.5, 0.6) is 11.5 Å². The number of pyridine rings is 2. The Bertz CT molecular complexity index is 4240. The highest BCUT2D eigenvalue weighted by molar-refractivity contribution is 6.02. The van der Waals surface area contributed by atoms with Crippen LogP contribution in [-0.2, 0) is 30.3 Å². The number of nitrogens with zero attached hydrogens (tertiary/aromatic N) is 6. The van der Waals surface area contributed by atoms with Gasteiger partial charge in [-0.05, 0) is 133 Å². The fourth-order valence-electron chi connectivity index (χ4n) is 17.6. The van der Waals surface area contributed by atoms with Gasteiger partial charge in [0.05, 0.1) is 48.7 Å². The normalized spacial score (nSPS) is 29.2. The molecule has 25 heteroatoms. The predicted octanol–water partition coefficient (Wildman–Crippen LogP) is 7.43. The Labute approximate surface area is 532 Å². The molecule has 0 radical (unpaired) electrons. The van der Waals surface area contributed by atoms with E-state index in [-0.39, 0.29) is 119 Å². The Morgan fingerprint density at radius 1 is 0.763 bits per heavy atom. The number of ketones is 2. The Hall–Kier alpha value is -8.16. The van der Waals surface area contributed by atoms with Crippen LogP contribution in [0.25, 0.3) is 21.8 Å². The van der Waals surface area contributed by atoms with E-state index in [9.17, 15) is 48.6 Å². The van der Waals surface area contributed by atoms with Gasteiger partial charge in [-0.3, -0.25) is 24.1 Å². The summed E-state index contributed by atoms with van der Waals surface area (Å²) in [6.45, 7) is 7.65. The van der Waals surface area contributed by atoms with Crippen LogP contribution in [0.3, 0.4) is 0 Å². The van der Waals surface area contributed by atoms with Crippen LogP contribution >= 0.6 is 0 Å². The third-order valence-electron chi connectivity index (χ3n) is 22.5. The van der Waals surface area contributed by atoms with E-state index in [4.69, 9.17) is 32.5 Å². The zero-order valence-electron chi connectivity index (χ0n) is 52.8. The van der Waals surface area contributed by atoms with Crippen LogP contribution in [0.1, 0.15) is 136 Å². The van der Waals surface area contributed by atoms with E-state index in [1.807, 2.05) is 24.8 Å². The standard InChI is InChI=1S/C68H76F2N6O17/c1-34-26-72(20-21-74(34)64(84)91-33-90-63(83)45-29-76(39-12-13-39)55-43(59(45)81)24-48(70)57(61(55)88-6)73-27-36-8-7-19-71(49(36)30-73)31-51-35(2)92-65(85)93-51)56-47(69)23-42-54(60(56)87-5)75(38-10-11-38)28-44(58(42)80)62(82)89-32-52(79)68(86)18-16-46-41-14-9-37-22-40(77)15-17-66(37,3)53(41)50(78)25-67(46,68)4/h15,17,22-24,28-29,34,36,38-39,41,46,49-50,53,78,86H,7-14,16,18-21,25-27,30-33H2,1-6H3. The highest BCUT2D eigenvalue weighted by Crippen LogP contribution is 2.67. The molecule has 5 aromatic rings. The molecule has 2 N–H and O–H groups in total.